The fourth-order valence-corrected chi connectivity index (χ4v) is 4.42. The Kier molecular flexibility index (Phi) is 7.43. The first-order valence-corrected chi connectivity index (χ1v) is 12.7. The Labute approximate surface area is 220 Å². The van der Waals surface area contributed by atoms with Crippen LogP contribution in [0.5, 0.6) is 0 Å². The predicted molar refractivity (Wildman–Crippen MR) is 160 cm³/mol. The molecule has 0 heterocycles. The Morgan fingerprint density at radius 3 is 1.38 bits per heavy atom. The van der Waals surface area contributed by atoms with E-state index in [-0.39, 0.29) is 0 Å². The Morgan fingerprint density at radius 1 is 0.486 bits per heavy atom. The minimum absolute atomic E-state index is 1.13. The molecule has 180 valence electrons. The van der Waals surface area contributed by atoms with E-state index in [1.165, 1.54) is 27.8 Å². The van der Waals surface area contributed by atoms with Gasteiger partial charge in [0.1, 0.15) is 0 Å². The van der Waals surface area contributed by atoms with Crippen LogP contribution >= 0.6 is 0 Å². The highest BCUT2D eigenvalue weighted by molar-refractivity contribution is 5.82. The van der Waals surface area contributed by atoms with Gasteiger partial charge in [-0.05, 0) is 72.5 Å². The number of allylic oxidation sites excluding steroid dienone is 2. The van der Waals surface area contributed by atoms with Crippen molar-refractivity contribution in [2.24, 2.45) is 0 Å². The molecule has 0 radical (unpaired) electrons. The van der Waals surface area contributed by atoms with Gasteiger partial charge in [0.15, 0.2) is 0 Å². The minimum atomic E-state index is 1.13. The molecule has 0 bridgehead atoms. The lowest BCUT2D eigenvalue weighted by atomic mass is 9.96. The first-order chi connectivity index (χ1) is 18.2. The summed E-state index contributed by atoms with van der Waals surface area (Å²) >= 11 is 0. The van der Waals surface area contributed by atoms with Gasteiger partial charge in [-0.1, -0.05) is 126 Å². The lowest BCUT2D eigenvalue weighted by molar-refractivity contribution is 1.28. The summed E-state index contributed by atoms with van der Waals surface area (Å²) in [6.07, 6.45) is 6.53. The summed E-state index contributed by atoms with van der Waals surface area (Å²) in [7, 11) is 0. The van der Waals surface area contributed by atoms with Crippen LogP contribution in [0.15, 0.2) is 146 Å². The monoisotopic (exact) mass is 477 g/mol. The van der Waals surface area contributed by atoms with Gasteiger partial charge in [0.25, 0.3) is 0 Å². The van der Waals surface area contributed by atoms with E-state index in [4.69, 9.17) is 0 Å². The first-order valence-electron chi connectivity index (χ1n) is 12.7. The summed E-state index contributed by atoms with van der Waals surface area (Å²) in [5, 5.41) is 0. The Balaban J connectivity index is 1.43. The molecule has 37 heavy (non-hydrogen) atoms. The van der Waals surface area contributed by atoms with Gasteiger partial charge in [0.2, 0.25) is 0 Å². The third-order valence-electron chi connectivity index (χ3n) is 6.46. The smallest absolute Gasteiger partial charge is 0.0462 e. The predicted octanol–water partition coefficient (Wildman–Crippen LogP) is 9.92. The minimum Gasteiger partial charge on any atom is -0.311 e. The van der Waals surface area contributed by atoms with E-state index in [1.54, 1.807) is 0 Å². The molecule has 0 aliphatic carbocycles. The van der Waals surface area contributed by atoms with Crippen LogP contribution in [0.1, 0.15) is 27.8 Å². The zero-order valence-electron chi connectivity index (χ0n) is 21.4. The van der Waals surface area contributed by atoms with Gasteiger partial charge in [-0.25, -0.2) is 0 Å². The largest absolute Gasteiger partial charge is 0.311 e. The summed E-state index contributed by atoms with van der Waals surface area (Å²) in [5.74, 6) is 0. The van der Waals surface area contributed by atoms with E-state index in [0.717, 1.165) is 22.6 Å². The van der Waals surface area contributed by atoms with Gasteiger partial charge < -0.3 is 4.90 Å². The van der Waals surface area contributed by atoms with Crippen LogP contribution in [0.4, 0.5) is 17.1 Å². The van der Waals surface area contributed by atoms with Crippen molar-refractivity contribution in [2.45, 2.75) is 13.8 Å². The molecule has 0 N–H and O–H groups in total. The molecule has 0 fully saturated rings. The molecule has 1 nitrogen and oxygen atoms in total. The number of aryl methyl sites for hydroxylation is 2. The van der Waals surface area contributed by atoms with Gasteiger partial charge in [0, 0.05) is 17.1 Å². The van der Waals surface area contributed by atoms with Crippen molar-refractivity contribution < 1.29 is 0 Å². The second kappa shape index (κ2) is 11.4. The molecule has 0 aromatic heterocycles. The van der Waals surface area contributed by atoms with Gasteiger partial charge in [-0.15, -0.1) is 0 Å². The van der Waals surface area contributed by atoms with Crippen molar-refractivity contribution in [1.82, 2.24) is 0 Å². The average molecular weight is 478 g/mol. The van der Waals surface area contributed by atoms with Crippen LogP contribution in [0.3, 0.4) is 0 Å². The van der Waals surface area contributed by atoms with Crippen molar-refractivity contribution >= 4 is 28.7 Å². The van der Waals surface area contributed by atoms with E-state index in [9.17, 15) is 0 Å². The molecule has 1 heteroatoms. The SMILES string of the molecule is Cc1ccc(C(=C/C=C/c2ccc(N(c3ccccc3)c3ccccc3)cc2)c2ccc(C)cc2)cc1. The van der Waals surface area contributed by atoms with Gasteiger partial charge in [0.05, 0.1) is 0 Å². The first kappa shape index (κ1) is 24.1. The number of anilines is 3. The molecule has 0 aliphatic heterocycles. The summed E-state index contributed by atoms with van der Waals surface area (Å²) in [6, 6.07) is 47.2. The number of para-hydroxylation sites is 2. The van der Waals surface area contributed by atoms with Crippen molar-refractivity contribution in [1.29, 1.82) is 0 Å². The van der Waals surface area contributed by atoms with E-state index in [0.29, 0.717) is 0 Å². The van der Waals surface area contributed by atoms with E-state index in [2.05, 4.69) is 170 Å². The van der Waals surface area contributed by atoms with Crippen LogP contribution in [0.25, 0.3) is 11.6 Å². The molecule has 5 rings (SSSR count). The average Bonchev–Trinajstić information content (AvgIpc) is 2.95. The number of hydrogen-bond donors (Lipinski definition) is 0. The fourth-order valence-electron chi connectivity index (χ4n) is 4.42. The van der Waals surface area contributed by atoms with E-state index < -0.39 is 0 Å². The second-order valence-corrected chi connectivity index (χ2v) is 9.27. The Bertz CT molecular complexity index is 1390. The molecule has 0 aliphatic rings. The lowest BCUT2D eigenvalue weighted by Gasteiger charge is -2.25. The molecular formula is C36H31N. The third-order valence-corrected chi connectivity index (χ3v) is 6.46. The van der Waals surface area contributed by atoms with Crippen LogP contribution in [-0.4, -0.2) is 0 Å². The second-order valence-electron chi connectivity index (χ2n) is 9.27. The van der Waals surface area contributed by atoms with Gasteiger partial charge in [-0.2, -0.15) is 0 Å². The molecule has 5 aromatic carbocycles. The Morgan fingerprint density at radius 2 is 0.919 bits per heavy atom. The van der Waals surface area contributed by atoms with Gasteiger partial charge >= 0.3 is 0 Å². The highest BCUT2D eigenvalue weighted by Crippen LogP contribution is 2.34. The van der Waals surface area contributed by atoms with Crippen molar-refractivity contribution in [3.63, 3.8) is 0 Å². The van der Waals surface area contributed by atoms with E-state index in [1.807, 2.05) is 0 Å². The van der Waals surface area contributed by atoms with E-state index >= 15 is 0 Å². The topological polar surface area (TPSA) is 3.24 Å². The summed E-state index contributed by atoms with van der Waals surface area (Å²) < 4.78 is 0. The number of benzene rings is 5. The van der Waals surface area contributed by atoms with Crippen LogP contribution in [0.2, 0.25) is 0 Å². The lowest BCUT2D eigenvalue weighted by Crippen LogP contribution is -2.09. The third kappa shape index (κ3) is 5.97. The zero-order chi connectivity index (χ0) is 25.5. The highest BCUT2D eigenvalue weighted by atomic mass is 15.1. The molecule has 0 spiro atoms. The number of hydrogen-bond acceptors (Lipinski definition) is 1. The van der Waals surface area contributed by atoms with Crippen LogP contribution in [0, 0.1) is 13.8 Å². The number of rotatable bonds is 7. The molecule has 0 atom stereocenters. The normalized spacial score (nSPS) is 10.9. The van der Waals surface area contributed by atoms with Crippen molar-refractivity contribution in [3.8, 4) is 0 Å². The van der Waals surface area contributed by atoms with Crippen LogP contribution in [-0.2, 0) is 0 Å². The molecule has 0 amide bonds. The quantitative estimate of drug-likeness (QED) is 0.211. The molecule has 0 saturated heterocycles. The maximum atomic E-state index is 2.28. The summed E-state index contributed by atoms with van der Waals surface area (Å²) in [6.45, 7) is 4.25. The number of nitrogens with zero attached hydrogens (tertiary/aromatic N) is 1. The molecule has 5 aromatic rings. The summed E-state index contributed by atoms with van der Waals surface area (Å²) in [5.41, 5.74) is 10.8. The van der Waals surface area contributed by atoms with Crippen molar-refractivity contribution in [3.05, 3.63) is 173 Å². The standard InChI is InChI=1S/C36H31N/c1-28-16-22-31(23-17-28)36(32-24-18-29(2)19-25-32)15-9-10-30-20-26-35(27-21-30)37(33-11-5-3-6-12-33)34-13-7-4-8-14-34/h3-27H,1-2H3/b10-9+. The Hall–Kier alpha value is -4.62. The maximum absolute atomic E-state index is 2.28. The summed E-state index contributed by atoms with van der Waals surface area (Å²) in [4.78, 5) is 2.28. The maximum Gasteiger partial charge on any atom is 0.0462 e. The zero-order valence-corrected chi connectivity index (χ0v) is 21.4. The van der Waals surface area contributed by atoms with Crippen LogP contribution < -0.4 is 4.90 Å². The van der Waals surface area contributed by atoms with Crippen molar-refractivity contribution in [2.75, 3.05) is 4.90 Å². The highest BCUT2D eigenvalue weighted by Gasteiger charge is 2.11. The molecular weight excluding hydrogens is 446 g/mol. The molecule has 0 saturated carbocycles. The molecule has 0 unspecified atom stereocenters. The van der Waals surface area contributed by atoms with Gasteiger partial charge in [-0.3, -0.25) is 0 Å². The fraction of sp³-hybridized carbons (Fsp3) is 0.0556.